The Morgan fingerprint density at radius 1 is 0.386 bits per heavy atom. The maximum Gasteiger partial charge on any atom is 0.157 e. The SMILES string of the molecule is ICCCCCCOCCOCCOCCOCCOCCOCCOCCOCCOCCOCCOC1CCCCO1. The van der Waals surface area contributed by atoms with Crippen LogP contribution in [0, 0.1) is 0 Å². The first-order valence-corrected chi connectivity index (χ1v) is 18.0. The third-order valence-corrected chi connectivity index (χ3v) is 6.95. The van der Waals surface area contributed by atoms with Crippen LogP contribution in [0.2, 0.25) is 0 Å². The van der Waals surface area contributed by atoms with Crippen LogP contribution in [0.25, 0.3) is 0 Å². The number of alkyl halides is 1. The summed E-state index contributed by atoms with van der Waals surface area (Å²) in [6.45, 7) is 12.5. The van der Waals surface area contributed by atoms with Crippen molar-refractivity contribution in [3.05, 3.63) is 0 Å². The molecular formula is C31H61IO12. The lowest BCUT2D eigenvalue weighted by Crippen LogP contribution is -2.24. The average molecular weight is 753 g/mol. The molecule has 1 unspecified atom stereocenters. The highest BCUT2D eigenvalue weighted by Crippen LogP contribution is 2.13. The Balaban J connectivity index is 1.60. The van der Waals surface area contributed by atoms with Gasteiger partial charge in [0.25, 0.3) is 0 Å². The van der Waals surface area contributed by atoms with Gasteiger partial charge in [0.15, 0.2) is 6.29 Å². The van der Waals surface area contributed by atoms with Crippen molar-refractivity contribution in [1.29, 1.82) is 0 Å². The van der Waals surface area contributed by atoms with E-state index < -0.39 is 0 Å². The van der Waals surface area contributed by atoms with E-state index in [9.17, 15) is 0 Å². The summed E-state index contributed by atoms with van der Waals surface area (Å²) in [6.07, 6.45) is 8.19. The lowest BCUT2D eigenvalue weighted by atomic mass is 10.2. The largest absolute Gasteiger partial charge is 0.379 e. The van der Waals surface area contributed by atoms with Gasteiger partial charge in [-0.1, -0.05) is 35.4 Å². The number of ether oxygens (including phenoxy) is 12. The molecule has 1 rings (SSSR count). The minimum atomic E-state index is -0.0621. The second-order valence-corrected chi connectivity index (χ2v) is 11.0. The molecule has 1 fully saturated rings. The highest BCUT2D eigenvalue weighted by Gasteiger charge is 2.13. The molecule has 0 radical (unpaired) electrons. The number of hydrogen-bond donors (Lipinski definition) is 0. The molecule has 0 N–H and O–H groups in total. The second kappa shape index (κ2) is 37.7. The monoisotopic (exact) mass is 752 g/mol. The topological polar surface area (TPSA) is 111 Å². The molecule has 0 amide bonds. The number of hydrogen-bond acceptors (Lipinski definition) is 12. The molecule has 1 aliphatic rings. The molecule has 44 heavy (non-hydrogen) atoms. The van der Waals surface area contributed by atoms with E-state index in [1.807, 2.05) is 0 Å². The number of halogens is 1. The Morgan fingerprint density at radius 3 is 1.07 bits per heavy atom. The number of unbranched alkanes of at least 4 members (excludes halogenated alkanes) is 3. The zero-order chi connectivity index (χ0) is 31.3. The quantitative estimate of drug-likeness (QED) is 0.0525. The van der Waals surface area contributed by atoms with Gasteiger partial charge in [0.2, 0.25) is 0 Å². The molecule has 0 aromatic rings. The van der Waals surface area contributed by atoms with Gasteiger partial charge in [0.1, 0.15) is 0 Å². The fourth-order valence-electron chi connectivity index (χ4n) is 3.81. The standard InChI is InChI=1S/C31H61IO12/c32-8-4-1-2-5-9-33-11-12-34-13-14-35-15-16-36-17-18-37-19-20-38-21-22-39-23-24-40-25-26-41-27-28-42-29-30-44-31-7-3-6-10-43-31/h31H,1-30H2. The molecule has 0 spiro atoms. The van der Waals surface area contributed by atoms with Gasteiger partial charge in [-0.15, -0.1) is 0 Å². The molecule has 0 saturated carbocycles. The summed E-state index contributed by atoms with van der Waals surface area (Å²) in [4.78, 5) is 0. The Labute approximate surface area is 279 Å². The molecule has 0 aromatic heterocycles. The summed E-state index contributed by atoms with van der Waals surface area (Å²) in [7, 11) is 0. The van der Waals surface area contributed by atoms with Crippen LogP contribution in [0.4, 0.5) is 0 Å². The Hall–Kier alpha value is 0.250. The first-order valence-electron chi connectivity index (χ1n) is 16.5. The molecule has 12 nitrogen and oxygen atoms in total. The Kier molecular flexibility index (Phi) is 36.2. The predicted octanol–water partition coefficient (Wildman–Crippen LogP) is 3.69. The van der Waals surface area contributed by atoms with E-state index in [1.165, 1.54) is 30.1 Å². The molecule has 264 valence electrons. The van der Waals surface area contributed by atoms with Crippen LogP contribution in [0.1, 0.15) is 44.9 Å². The summed E-state index contributed by atoms with van der Waals surface area (Å²) in [6, 6.07) is 0. The molecular weight excluding hydrogens is 691 g/mol. The van der Waals surface area contributed by atoms with Gasteiger partial charge in [-0.3, -0.25) is 0 Å². The maximum absolute atomic E-state index is 5.61. The molecule has 1 atom stereocenters. The summed E-state index contributed by atoms with van der Waals surface area (Å²) in [5.41, 5.74) is 0. The van der Waals surface area contributed by atoms with E-state index in [-0.39, 0.29) is 6.29 Å². The summed E-state index contributed by atoms with van der Waals surface area (Å²) in [5, 5.41) is 0. The van der Waals surface area contributed by atoms with Crippen LogP contribution >= 0.6 is 22.6 Å². The first-order chi connectivity index (χ1) is 21.9. The van der Waals surface area contributed by atoms with Crippen molar-refractivity contribution in [2.75, 3.05) is 150 Å². The molecule has 0 aromatic carbocycles. The van der Waals surface area contributed by atoms with E-state index in [1.54, 1.807) is 0 Å². The fourth-order valence-corrected chi connectivity index (χ4v) is 4.35. The van der Waals surface area contributed by atoms with Crippen LogP contribution < -0.4 is 0 Å². The van der Waals surface area contributed by atoms with Gasteiger partial charge in [-0.05, 0) is 36.5 Å². The number of rotatable bonds is 37. The van der Waals surface area contributed by atoms with Crippen molar-refractivity contribution in [3.63, 3.8) is 0 Å². The van der Waals surface area contributed by atoms with Crippen molar-refractivity contribution in [2.24, 2.45) is 0 Å². The maximum atomic E-state index is 5.61. The molecule has 0 aliphatic carbocycles. The zero-order valence-electron chi connectivity index (χ0n) is 27.1. The van der Waals surface area contributed by atoms with Crippen molar-refractivity contribution in [1.82, 2.24) is 0 Å². The average Bonchev–Trinajstić information content (AvgIpc) is 3.05. The van der Waals surface area contributed by atoms with Crippen LogP contribution in [-0.2, 0) is 56.8 Å². The smallest absolute Gasteiger partial charge is 0.157 e. The molecule has 0 bridgehead atoms. The van der Waals surface area contributed by atoms with E-state index >= 15 is 0 Å². The Morgan fingerprint density at radius 2 is 0.727 bits per heavy atom. The third-order valence-electron chi connectivity index (χ3n) is 6.19. The van der Waals surface area contributed by atoms with Crippen molar-refractivity contribution < 1.29 is 56.8 Å². The van der Waals surface area contributed by atoms with Gasteiger partial charge in [0, 0.05) is 13.2 Å². The van der Waals surface area contributed by atoms with Gasteiger partial charge in [0.05, 0.1) is 132 Å². The van der Waals surface area contributed by atoms with Crippen LogP contribution in [0.15, 0.2) is 0 Å². The molecule has 1 saturated heterocycles. The van der Waals surface area contributed by atoms with Gasteiger partial charge >= 0.3 is 0 Å². The minimum Gasteiger partial charge on any atom is -0.379 e. The van der Waals surface area contributed by atoms with E-state index in [0.29, 0.717) is 132 Å². The highest BCUT2D eigenvalue weighted by molar-refractivity contribution is 14.1. The van der Waals surface area contributed by atoms with Crippen LogP contribution in [0.5, 0.6) is 0 Å². The second-order valence-electron chi connectivity index (χ2n) is 9.89. The van der Waals surface area contributed by atoms with E-state index in [0.717, 1.165) is 32.5 Å². The summed E-state index contributed by atoms with van der Waals surface area (Å²) >= 11 is 2.42. The molecule has 1 aliphatic heterocycles. The van der Waals surface area contributed by atoms with Crippen molar-refractivity contribution >= 4 is 22.6 Å². The first kappa shape index (κ1) is 42.3. The molecule has 1 heterocycles. The van der Waals surface area contributed by atoms with Crippen molar-refractivity contribution in [3.8, 4) is 0 Å². The van der Waals surface area contributed by atoms with Gasteiger partial charge < -0.3 is 56.8 Å². The van der Waals surface area contributed by atoms with Gasteiger partial charge in [-0.2, -0.15) is 0 Å². The zero-order valence-corrected chi connectivity index (χ0v) is 29.2. The highest BCUT2D eigenvalue weighted by atomic mass is 127. The normalized spacial score (nSPS) is 15.3. The third kappa shape index (κ3) is 33.6. The summed E-state index contributed by atoms with van der Waals surface area (Å²) < 4.78 is 67.3. The predicted molar refractivity (Wildman–Crippen MR) is 175 cm³/mol. The Bertz CT molecular complexity index is 532. The lowest BCUT2D eigenvalue weighted by molar-refractivity contribution is -0.169. The van der Waals surface area contributed by atoms with E-state index in [4.69, 9.17) is 56.8 Å². The summed E-state index contributed by atoms with van der Waals surface area (Å²) in [5.74, 6) is 0. The molecule has 13 heteroatoms. The fraction of sp³-hybridized carbons (Fsp3) is 1.00. The van der Waals surface area contributed by atoms with Crippen molar-refractivity contribution in [2.45, 2.75) is 51.2 Å². The van der Waals surface area contributed by atoms with Crippen LogP contribution in [0.3, 0.4) is 0 Å². The van der Waals surface area contributed by atoms with Crippen LogP contribution in [-0.4, -0.2) is 156 Å². The minimum absolute atomic E-state index is 0.0621. The lowest BCUT2D eigenvalue weighted by Gasteiger charge is -2.22. The van der Waals surface area contributed by atoms with Gasteiger partial charge in [-0.25, -0.2) is 0 Å². The van der Waals surface area contributed by atoms with E-state index in [2.05, 4.69) is 22.6 Å².